The maximum atomic E-state index is 3.92. The molecule has 10 heteroatoms. The minimum Gasteiger partial charge on any atom is -0.345 e. The van der Waals surface area contributed by atoms with Crippen molar-refractivity contribution in [3.63, 3.8) is 0 Å². The van der Waals surface area contributed by atoms with E-state index < -0.39 is 0 Å². The Labute approximate surface area is 173 Å². The van der Waals surface area contributed by atoms with Crippen molar-refractivity contribution in [3.05, 3.63) is 0 Å². The lowest BCUT2D eigenvalue weighted by Gasteiger charge is -2.34. The van der Waals surface area contributed by atoms with Crippen LogP contribution < -0.4 is 9.30 Å². The van der Waals surface area contributed by atoms with E-state index in [9.17, 15) is 0 Å². The second kappa shape index (κ2) is 15.5. The monoisotopic (exact) mass is 436 g/mol. The maximum absolute atomic E-state index is 3.92. The first-order valence-electron chi connectivity index (χ1n) is 10.5. The summed E-state index contributed by atoms with van der Waals surface area (Å²) in [7, 11) is 3.43. The van der Waals surface area contributed by atoms with Crippen LogP contribution in [-0.2, 0) is 0 Å². The van der Waals surface area contributed by atoms with Crippen LogP contribution in [0.3, 0.4) is 0 Å². The summed E-state index contributed by atoms with van der Waals surface area (Å²) in [4.78, 5) is 0. The molecule has 158 valence electrons. The highest BCUT2D eigenvalue weighted by Crippen LogP contribution is 2.08. The van der Waals surface area contributed by atoms with Gasteiger partial charge < -0.3 is 27.6 Å². The molecule has 0 radical (unpaired) electrons. The molecule has 0 spiro atoms. The predicted molar refractivity (Wildman–Crippen MR) is 130 cm³/mol. The zero-order valence-electron chi connectivity index (χ0n) is 19.2. The van der Waals surface area contributed by atoms with Crippen molar-refractivity contribution in [2.75, 3.05) is 33.7 Å². The van der Waals surface area contributed by atoms with Gasteiger partial charge in [0.05, 0.1) is 0 Å². The average Bonchev–Trinajstić information content (AvgIpc) is 2.60. The fourth-order valence-electron chi connectivity index (χ4n) is 3.08. The largest absolute Gasteiger partial charge is 0.345 e. The molecule has 2 atom stereocenters. The van der Waals surface area contributed by atoms with Gasteiger partial charge in [-0.3, -0.25) is 0 Å². The predicted octanol–water partition coefficient (Wildman–Crippen LogP) is -1.74. The summed E-state index contributed by atoms with van der Waals surface area (Å²) < 4.78 is 18.2. The third-order valence-corrected chi connectivity index (χ3v) is 14.3. The zero-order chi connectivity index (χ0) is 20.1. The molecule has 0 aliphatic heterocycles. The maximum Gasteiger partial charge on any atom is 0.164 e. The Morgan fingerprint density at radius 2 is 1.23 bits per heavy atom. The molecule has 0 amide bonds. The van der Waals surface area contributed by atoms with Crippen molar-refractivity contribution < 1.29 is 0 Å². The lowest BCUT2D eigenvalue weighted by atomic mass is 10.1. The van der Waals surface area contributed by atoms with Crippen molar-refractivity contribution >= 4 is 39.4 Å². The standard InChI is InChI=1S/C16H48N6Si4/c1-10-19(8)23-17-24-20(9)15(6)13-16(7)22(12-3)26-18-25-21(11-2)14(4)5/h14-18H,10-13,23-26H2,1-9H3. The van der Waals surface area contributed by atoms with Gasteiger partial charge in [-0.1, -0.05) is 48.5 Å². The Hall–Kier alpha value is 0.628. The molecule has 0 bridgehead atoms. The fraction of sp³-hybridized carbons (Fsp3) is 1.00. The number of hydrogen-bond acceptors (Lipinski definition) is 6. The topological polar surface area (TPSA) is 37.0 Å². The molecule has 0 aliphatic rings. The third kappa shape index (κ3) is 11.5. The molecule has 0 saturated carbocycles. The second-order valence-corrected chi connectivity index (χ2v) is 16.9. The van der Waals surface area contributed by atoms with Crippen LogP contribution >= 0.6 is 0 Å². The molecule has 0 saturated heterocycles. The van der Waals surface area contributed by atoms with Crippen LogP contribution in [-0.4, -0.2) is 109 Å². The summed E-state index contributed by atoms with van der Waals surface area (Å²) in [6.45, 7) is 19.9. The van der Waals surface area contributed by atoms with Gasteiger partial charge in [0.2, 0.25) is 0 Å². The van der Waals surface area contributed by atoms with E-state index in [1.807, 2.05) is 0 Å². The zero-order valence-corrected chi connectivity index (χ0v) is 24.8. The summed E-state index contributed by atoms with van der Waals surface area (Å²) in [5, 5.41) is 0. The Kier molecular flexibility index (Phi) is 15.9. The van der Waals surface area contributed by atoms with Gasteiger partial charge in [0.25, 0.3) is 0 Å². The van der Waals surface area contributed by atoms with Crippen molar-refractivity contribution in [3.8, 4) is 0 Å². The average molecular weight is 437 g/mol. The minimum atomic E-state index is -0.323. The lowest BCUT2D eigenvalue weighted by Crippen LogP contribution is -2.52. The SMILES string of the molecule is CCN(C)[SiH2]N[SiH2]N(C)C(C)CC(C)N(CC)[SiH2]N[SiH2]N(CC)C(C)C. The molecule has 0 heterocycles. The molecular formula is C16H48N6Si4. The Morgan fingerprint density at radius 1 is 0.692 bits per heavy atom. The van der Waals surface area contributed by atoms with E-state index in [0.717, 1.165) is 0 Å². The van der Waals surface area contributed by atoms with Gasteiger partial charge in [0, 0.05) is 12.1 Å². The third-order valence-electron chi connectivity index (χ3n) is 5.51. The molecule has 6 nitrogen and oxygen atoms in total. The van der Waals surface area contributed by atoms with Crippen molar-refractivity contribution in [1.82, 2.24) is 27.6 Å². The molecular weight excluding hydrogens is 389 g/mol. The normalized spacial score (nSPS) is 16.8. The minimum absolute atomic E-state index is 0.225. The van der Waals surface area contributed by atoms with E-state index in [2.05, 4.69) is 90.1 Å². The first kappa shape index (κ1) is 26.6. The summed E-state index contributed by atoms with van der Waals surface area (Å²) in [6, 6.07) is 2.04. The first-order valence-corrected chi connectivity index (χ1v) is 15.9. The summed E-state index contributed by atoms with van der Waals surface area (Å²) in [5.74, 6) is 0. The van der Waals surface area contributed by atoms with Gasteiger partial charge in [-0.05, 0) is 46.2 Å². The Balaban J connectivity index is 4.23. The molecule has 26 heavy (non-hydrogen) atoms. The van der Waals surface area contributed by atoms with Crippen LogP contribution in [0.4, 0.5) is 0 Å². The van der Waals surface area contributed by atoms with Crippen LogP contribution in [0.1, 0.15) is 54.9 Å². The van der Waals surface area contributed by atoms with E-state index in [1.165, 1.54) is 26.1 Å². The van der Waals surface area contributed by atoms with Crippen molar-refractivity contribution in [2.45, 2.75) is 73.0 Å². The van der Waals surface area contributed by atoms with Gasteiger partial charge >= 0.3 is 0 Å². The van der Waals surface area contributed by atoms with Gasteiger partial charge in [-0.25, -0.2) is 0 Å². The number of hydrogen-bond donors (Lipinski definition) is 2. The van der Waals surface area contributed by atoms with E-state index in [-0.39, 0.29) is 39.4 Å². The van der Waals surface area contributed by atoms with Gasteiger partial charge in [0.1, 0.15) is 0 Å². The highest BCUT2D eigenvalue weighted by Gasteiger charge is 2.18. The lowest BCUT2D eigenvalue weighted by molar-refractivity contribution is 0.278. The molecule has 0 aromatic carbocycles. The van der Waals surface area contributed by atoms with Gasteiger partial charge in [0.15, 0.2) is 39.4 Å². The first-order chi connectivity index (χ1) is 12.3. The van der Waals surface area contributed by atoms with Crippen molar-refractivity contribution in [1.29, 1.82) is 0 Å². The van der Waals surface area contributed by atoms with Crippen LogP contribution in [0, 0.1) is 0 Å². The number of nitrogens with zero attached hydrogens (tertiary/aromatic N) is 4. The fourth-order valence-corrected chi connectivity index (χ4v) is 11.1. The molecule has 0 aromatic heterocycles. The Morgan fingerprint density at radius 3 is 1.73 bits per heavy atom. The van der Waals surface area contributed by atoms with Gasteiger partial charge in [-0.15, -0.1) is 0 Å². The molecule has 0 rings (SSSR count). The highest BCUT2D eigenvalue weighted by molar-refractivity contribution is 6.48. The van der Waals surface area contributed by atoms with E-state index in [0.29, 0.717) is 18.1 Å². The number of rotatable bonds is 16. The van der Waals surface area contributed by atoms with Crippen LogP contribution in [0.2, 0.25) is 0 Å². The highest BCUT2D eigenvalue weighted by atomic mass is 28.3. The molecule has 0 fully saturated rings. The van der Waals surface area contributed by atoms with Crippen LogP contribution in [0.15, 0.2) is 0 Å². The van der Waals surface area contributed by atoms with Crippen LogP contribution in [0.5, 0.6) is 0 Å². The second-order valence-electron chi connectivity index (χ2n) is 7.90. The quantitative estimate of drug-likeness (QED) is 0.280. The summed E-state index contributed by atoms with van der Waals surface area (Å²) in [6.07, 6.45) is 1.28. The van der Waals surface area contributed by atoms with Crippen LogP contribution in [0.25, 0.3) is 0 Å². The smallest absolute Gasteiger partial charge is 0.164 e. The van der Waals surface area contributed by atoms with Crippen molar-refractivity contribution in [2.24, 2.45) is 0 Å². The van der Waals surface area contributed by atoms with Gasteiger partial charge in [-0.2, -0.15) is 0 Å². The Bertz CT molecular complexity index is 340. The summed E-state index contributed by atoms with van der Waals surface area (Å²) in [5.41, 5.74) is 0. The molecule has 0 aromatic rings. The molecule has 0 aliphatic carbocycles. The summed E-state index contributed by atoms with van der Waals surface area (Å²) >= 11 is 0. The van der Waals surface area contributed by atoms with E-state index >= 15 is 0 Å². The van der Waals surface area contributed by atoms with E-state index in [4.69, 9.17) is 0 Å². The molecule has 2 unspecified atom stereocenters. The number of nitrogens with one attached hydrogen (secondary N) is 2. The van der Waals surface area contributed by atoms with E-state index in [1.54, 1.807) is 0 Å². The molecule has 2 N–H and O–H groups in total.